The highest BCUT2D eigenvalue weighted by molar-refractivity contribution is 7.98. The zero-order chi connectivity index (χ0) is 18.4. The van der Waals surface area contributed by atoms with E-state index in [1.807, 2.05) is 14.1 Å². The van der Waals surface area contributed by atoms with Crippen molar-refractivity contribution in [3.63, 3.8) is 0 Å². The molecule has 3 N–H and O–H groups in total. The second-order valence-electron chi connectivity index (χ2n) is 5.92. The van der Waals surface area contributed by atoms with Gasteiger partial charge in [-0.3, -0.25) is 15.0 Å². The number of thiazole rings is 1. The van der Waals surface area contributed by atoms with E-state index in [9.17, 15) is 4.79 Å². The minimum atomic E-state index is -0.166. The van der Waals surface area contributed by atoms with E-state index in [4.69, 9.17) is 0 Å². The van der Waals surface area contributed by atoms with Crippen LogP contribution in [-0.2, 0) is 12.3 Å². The number of aromatic amines is 2. The number of carbonyl (C=O) groups is 1. The van der Waals surface area contributed by atoms with E-state index in [1.54, 1.807) is 41.7 Å². The van der Waals surface area contributed by atoms with Crippen molar-refractivity contribution in [1.29, 1.82) is 0 Å². The molecule has 0 atom stereocenters. The Bertz CT molecular complexity index is 825. The van der Waals surface area contributed by atoms with Crippen LogP contribution in [0.15, 0.2) is 24.0 Å². The second-order valence-corrected chi connectivity index (χ2v) is 7.97. The van der Waals surface area contributed by atoms with Gasteiger partial charge in [0.1, 0.15) is 10.7 Å². The van der Waals surface area contributed by atoms with Gasteiger partial charge in [0.05, 0.1) is 18.1 Å². The monoisotopic (exact) mass is 391 g/mol. The van der Waals surface area contributed by atoms with Crippen LogP contribution in [0, 0.1) is 0 Å². The Morgan fingerprint density at radius 2 is 2.23 bits per heavy atom. The first-order valence-corrected chi connectivity index (χ1v) is 10.1. The summed E-state index contributed by atoms with van der Waals surface area (Å²) >= 11 is 3.45. The van der Waals surface area contributed by atoms with Gasteiger partial charge in [0, 0.05) is 47.3 Å². The van der Waals surface area contributed by atoms with E-state index in [1.165, 1.54) is 0 Å². The first kappa shape index (κ1) is 18.6. The molecule has 0 aromatic carbocycles. The standard InChI is InChI=1S/C16H21N7OS2/c1-23(2)8-14-21-12(10-26-14)9-25-4-3-17-16(24)15-13(7-20-22-15)11-5-18-19-6-11/h5-7,10H,3-4,8-9H2,1-2H3,(H,17,24)(H,18,19)(H,20,22). The van der Waals surface area contributed by atoms with Crippen LogP contribution in [0.2, 0.25) is 0 Å². The predicted molar refractivity (Wildman–Crippen MR) is 104 cm³/mol. The minimum Gasteiger partial charge on any atom is -0.350 e. The molecule has 3 rings (SSSR count). The van der Waals surface area contributed by atoms with Crippen LogP contribution in [-0.4, -0.2) is 62.6 Å². The summed E-state index contributed by atoms with van der Waals surface area (Å²) in [6.07, 6.45) is 5.02. The Hall–Kier alpha value is -2.17. The van der Waals surface area contributed by atoms with Crippen LogP contribution in [0.25, 0.3) is 11.1 Å². The van der Waals surface area contributed by atoms with Crippen LogP contribution in [0.5, 0.6) is 0 Å². The Kier molecular flexibility index (Phi) is 6.42. The molecule has 0 aliphatic heterocycles. The lowest BCUT2D eigenvalue weighted by Gasteiger charge is -2.05. The molecule has 0 fully saturated rings. The molecule has 0 radical (unpaired) electrons. The molecule has 8 nitrogen and oxygen atoms in total. The van der Waals surface area contributed by atoms with E-state index in [-0.39, 0.29) is 5.91 Å². The number of hydrogen-bond donors (Lipinski definition) is 3. The van der Waals surface area contributed by atoms with Gasteiger partial charge in [0.2, 0.25) is 0 Å². The van der Waals surface area contributed by atoms with Crippen molar-refractivity contribution in [3.05, 3.63) is 40.4 Å². The lowest BCUT2D eigenvalue weighted by Crippen LogP contribution is -2.26. The first-order chi connectivity index (χ1) is 12.6. The fourth-order valence-electron chi connectivity index (χ4n) is 2.34. The average Bonchev–Trinajstić information content (AvgIpc) is 3.35. The third-order valence-corrected chi connectivity index (χ3v) is 5.38. The normalized spacial score (nSPS) is 11.2. The molecular weight excluding hydrogens is 370 g/mol. The maximum atomic E-state index is 12.3. The smallest absolute Gasteiger partial charge is 0.269 e. The molecule has 10 heteroatoms. The number of thioether (sulfide) groups is 1. The van der Waals surface area contributed by atoms with Gasteiger partial charge in [-0.2, -0.15) is 22.0 Å². The van der Waals surface area contributed by atoms with Gasteiger partial charge < -0.3 is 10.2 Å². The predicted octanol–water partition coefficient (Wildman–Crippen LogP) is 1.98. The Morgan fingerprint density at radius 1 is 1.35 bits per heavy atom. The number of nitrogens with zero attached hydrogens (tertiary/aromatic N) is 4. The van der Waals surface area contributed by atoms with Crippen molar-refractivity contribution >= 4 is 29.0 Å². The van der Waals surface area contributed by atoms with Crippen LogP contribution in [0.4, 0.5) is 0 Å². The third kappa shape index (κ3) is 4.93. The van der Waals surface area contributed by atoms with Crippen LogP contribution < -0.4 is 5.32 Å². The maximum absolute atomic E-state index is 12.3. The van der Waals surface area contributed by atoms with Crippen molar-refractivity contribution in [2.75, 3.05) is 26.4 Å². The van der Waals surface area contributed by atoms with E-state index >= 15 is 0 Å². The van der Waals surface area contributed by atoms with E-state index < -0.39 is 0 Å². The van der Waals surface area contributed by atoms with E-state index in [0.717, 1.165) is 39.9 Å². The summed E-state index contributed by atoms with van der Waals surface area (Å²) in [4.78, 5) is 19.0. The number of nitrogens with one attached hydrogen (secondary N) is 3. The SMILES string of the molecule is CN(C)Cc1nc(CSCCNC(=O)c2[nH]ncc2-c2cn[nH]c2)cs1. The van der Waals surface area contributed by atoms with Crippen molar-refractivity contribution in [2.24, 2.45) is 0 Å². The minimum absolute atomic E-state index is 0.166. The lowest BCUT2D eigenvalue weighted by atomic mass is 10.1. The molecule has 0 unspecified atom stereocenters. The largest absolute Gasteiger partial charge is 0.350 e. The number of aromatic nitrogens is 5. The summed E-state index contributed by atoms with van der Waals surface area (Å²) in [6, 6.07) is 0. The topological polar surface area (TPSA) is 103 Å². The van der Waals surface area contributed by atoms with Crippen molar-refractivity contribution < 1.29 is 4.79 Å². The number of rotatable bonds is 9. The van der Waals surface area contributed by atoms with Gasteiger partial charge in [-0.05, 0) is 14.1 Å². The summed E-state index contributed by atoms with van der Waals surface area (Å²) in [5.74, 6) is 1.51. The fraction of sp³-hybridized carbons (Fsp3) is 0.375. The molecule has 138 valence electrons. The van der Waals surface area contributed by atoms with E-state index in [2.05, 4.69) is 41.0 Å². The Labute approximate surface area is 159 Å². The molecule has 3 heterocycles. The highest BCUT2D eigenvalue weighted by Crippen LogP contribution is 2.20. The van der Waals surface area contributed by atoms with Gasteiger partial charge in [-0.1, -0.05) is 0 Å². The first-order valence-electron chi connectivity index (χ1n) is 8.10. The summed E-state index contributed by atoms with van der Waals surface area (Å²) in [6.45, 7) is 1.45. The molecule has 0 saturated carbocycles. The summed E-state index contributed by atoms with van der Waals surface area (Å²) < 4.78 is 0. The highest BCUT2D eigenvalue weighted by atomic mass is 32.2. The van der Waals surface area contributed by atoms with Gasteiger partial charge in [-0.25, -0.2) is 4.98 Å². The Morgan fingerprint density at radius 3 is 3.00 bits per heavy atom. The van der Waals surface area contributed by atoms with E-state index in [0.29, 0.717) is 12.2 Å². The number of carbonyl (C=O) groups excluding carboxylic acids is 1. The molecule has 0 aliphatic rings. The van der Waals surface area contributed by atoms with Crippen LogP contribution in [0.1, 0.15) is 21.2 Å². The van der Waals surface area contributed by atoms with Gasteiger partial charge >= 0.3 is 0 Å². The molecule has 3 aromatic rings. The molecule has 0 saturated heterocycles. The fourth-order valence-corrected chi connectivity index (χ4v) is 4.10. The zero-order valence-corrected chi connectivity index (χ0v) is 16.3. The zero-order valence-electron chi connectivity index (χ0n) is 14.7. The maximum Gasteiger partial charge on any atom is 0.269 e. The molecule has 3 aromatic heterocycles. The highest BCUT2D eigenvalue weighted by Gasteiger charge is 2.15. The molecule has 0 spiro atoms. The van der Waals surface area contributed by atoms with Gasteiger partial charge in [-0.15, -0.1) is 11.3 Å². The Balaban J connectivity index is 1.41. The second kappa shape index (κ2) is 8.97. The van der Waals surface area contributed by atoms with Crippen LogP contribution >= 0.6 is 23.1 Å². The molecule has 0 bridgehead atoms. The molecular formula is C16H21N7OS2. The van der Waals surface area contributed by atoms with Crippen molar-refractivity contribution in [3.8, 4) is 11.1 Å². The number of H-pyrrole nitrogens is 2. The van der Waals surface area contributed by atoms with Gasteiger partial charge in [0.15, 0.2) is 0 Å². The summed E-state index contributed by atoms with van der Waals surface area (Å²) in [5.41, 5.74) is 3.11. The average molecular weight is 392 g/mol. The lowest BCUT2D eigenvalue weighted by molar-refractivity contribution is 0.0952. The number of amides is 1. The molecule has 1 amide bonds. The molecule has 0 aliphatic carbocycles. The van der Waals surface area contributed by atoms with Crippen LogP contribution in [0.3, 0.4) is 0 Å². The molecule has 26 heavy (non-hydrogen) atoms. The van der Waals surface area contributed by atoms with Gasteiger partial charge in [0.25, 0.3) is 5.91 Å². The van der Waals surface area contributed by atoms with Crippen molar-refractivity contribution in [1.82, 2.24) is 35.6 Å². The quantitative estimate of drug-likeness (QED) is 0.482. The third-order valence-electron chi connectivity index (χ3n) is 3.51. The number of hydrogen-bond acceptors (Lipinski definition) is 7. The summed E-state index contributed by atoms with van der Waals surface area (Å²) in [7, 11) is 4.08. The van der Waals surface area contributed by atoms with Crippen molar-refractivity contribution in [2.45, 2.75) is 12.3 Å². The summed E-state index contributed by atoms with van der Waals surface area (Å²) in [5, 5.41) is 19.5.